The maximum Gasteiger partial charge on any atom is 0.148 e. The van der Waals surface area contributed by atoms with Gasteiger partial charge in [-0.3, -0.25) is 0 Å². The van der Waals surface area contributed by atoms with Gasteiger partial charge < -0.3 is 11.1 Å². The van der Waals surface area contributed by atoms with E-state index in [1.165, 1.54) is 12.5 Å². The molecule has 1 aliphatic carbocycles. The topological polar surface area (TPSA) is 38.0 Å². The van der Waals surface area contributed by atoms with Crippen molar-refractivity contribution >= 4 is 11.4 Å². The van der Waals surface area contributed by atoms with Crippen molar-refractivity contribution in [2.75, 3.05) is 11.1 Å². The molecule has 2 rings (SSSR count). The number of hydrogen-bond acceptors (Lipinski definition) is 2. The number of benzene rings is 1. The van der Waals surface area contributed by atoms with E-state index in [4.69, 9.17) is 5.73 Å². The molecule has 0 saturated heterocycles. The number of rotatable bonds is 2. The number of hydrogen-bond donors (Lipinski definition) is 2. The Morgan fingerprint density at radius 2 is 2.00 bits per heavy atom. The Labute approximate surface area is 102 Å². The van der Waals surface area contributed by atoms with Crippen molar-refractivity contribution in [3.8, 4) is 0 Å². The highest BCUT2D eigenvalue weighted by Crippen LogP contribution is 2.32. The molecule has 1 aromatic rings. The van der Waals surface area contributed by atoms with Crippen LogP contribution in [0.15, 0.2) is 18.2 Å². The van der Waals surface area contributed by atoms with Crippen LogP contribution in [0.3, 0.4) is 0 Å². The summed E-state index contributed by atoms with van der Waals surface area (Å²) in [6.07, 6.45) is 3.51. The SMILES string of the molecule is CC1CCC(Nc2cccc(F)c2N)CC1C. The molecule has 0 aliphatic heterocycles. The third-order valence-corrected chi connectivity index (χ3v) is 4.01. The summed E-state index contributed by atoms with van der Waals surface area (Å²) >= 11 is 0. The highest BCUT2D eigenvalue weighted by atomic mass is 19.1. The molecular formula is C14H21FN2. The first kappa shape index (κ1) is 12.2. The molecule has 1 saturated carbocycles. The Morgan fingerprint density at radius 1 is 1.24 bits per heavy atom. The largest absolute Gasteiger partial charge is 0.395 e. The molecule has 0 heterocycles. The maximum atomic E-state index is 13.3. The van der Waals surface area contributed by atoms with E-state index in [0.717, 1.165) is 30.4 Å². The van der Waals surface area contributed by atoms with Crippen LogP contribution in [0.4, 0.5) is 15.8 Å². The molecule has 1 fully saturated rings. The van der Waals surface area contributed by atoms with Gasteiger partial charge in [-0.1, -0.05) is 19.9 Å². The van der Waals surface area contributed by atoms with Gasteiger partial charge in [-0.15, -0.1) is 0 Å². The molecule has 3 N–H and O–H groups in total. The summed E-state index contributed by atoms with van der Waals surface area (Å²) in [6, 6.07) is 5.36. The van der Waals surface area contributed by atoms with Gasteiger partial charge in [0.2, 0.25) is 0 Å². The Balaban J connectivity index is 2.04. The Kier molecular flexibility index (Phi) is 3.55. The molecule has 0 spiro atoms. The van der Waals surface area contributed by atoms with E-state index in [9.17, 15) is 4.39 Å². The van der Waals surface area contributed by atoms with Gasteiger partial charge in [-0.2, -0.15) is 0 Å². The fourth-order valence-corrected chi connectivity index (χ4v) is 2.56. The first-order chi connectivity index (χ1) is 8.08. The zero-order valence-corrected chi connectivity index (χ0v) is 10.5. The molecule has 3 heteroatoms. The molecule has 1 aromatic carbocycles. The minimum atomic E-state index is -0.341. The number of anilines is 2. The molecule has 1 aliphatic rings. The predicted molar refractivity (Wildman–Crippen MR) is 70.4 cm³/mol. The number of nitrogen functional groups attached to an aromatic ring is 1. The molecule has 2 nitrogen and oxygen atoms in total. The van der Waals surface area contributed by atoms with E-state index >= 15 is 0 Å². The second-order valence-corrected chi connectivity index (χ2v) is 5.31. The van der Waals surface area contributed by atoms with Crippen LogP contribution in [-0.4, -0.2) is 6.04 Å². The van der Waals surface area contributed by atoms with E-state index in [-0.39, 0.29) is 11.5 Å². The summed E-state index contributed by atoms with van der Waals surface area (Å²) in [7, 11) is 0. The molecule has 3 unspecified atom stereocenters. The van der Waals surface area contributed by atoms with Gasteiger partial charge in [-0.25, -0.2) is 4.39 Å². The second-order valence-electron chi connectivity index (χ2n) is 5.31. The van der Waals surface area contributed by atoms with Crippen molar-refractivity contribution in [1.29, 1.82) is 0 Å². The van der Waals surface area contributed by atoms with E-state index < -0.39 is 0 Å². The van der Waals surface area contributed by atoms with E-state index in [0.29, 0.717) is 6.04 Å². The first-order valence-corrected chi connectivity index (χ1v) is 6.38. The van der Waals surface area contributed by atoms with Gasteiger partial charge in [0.25, 0.3) is 0 Å². The molecule has 3 atom stereocenters. The van der Waals surface area contributed by atoms with Gasteiger partial charge in [0.05, 0.1) is 11.4 Å². The van der Waals surface area contributed by atoms with Gasteiger partial charge in [-0.05, 0) is 43.2 Å². The average Bonchev–Trinajstić information content (AvgIpc) is 2.30. The smallest absolute Gasteiger partial charge is 0.148 e. The van der Waals surface area contributed by atoms with Crippen molar-refractivity contribution in [3.05, 3.63) is 24.0 Å². The van der Waals surface area contributed by atoms with Crippen LogP contribution in [0.25, 0.3) is 0 Å². The molecule has 0 amide bonds. The second kappa shape index (κ2) is 4.94. The summed E-state index contributed by atoms with van der Waals surface area (Å²) in [5.41, 5.74) is 6.69. The summed E-state index contributed by atoms with van der Waals surface area (Å²) in [6.45, 7) is 4.59. The Morgan fingerprint density at radius 3 is 2.71 bits per heavy atom. The third-order valence-electron chi connectivity index (χ3n) is 4.01. The van der Waals surface area contributed by atoms with Gasteiger partial charge in [0.15, 0.2) is 0 Å². The number of para-hydroxylation sites is 1. The van der Waals surface area contributed by atoms with Crippen LogP contribution in [0.1, 0.15) is 33.1 Å². The molecular weight excluding hydrogens is 215 g/mol. The zero-order chi connectivity index (χ0) is 12.4. The van der Waals surface area contributed by atoms with E-state index in [1.54, 1.807) is 6.07 Å². The molecule has 17 heavy (non-hydrogen) atoms. The van der Waals surface area contributed by atoms with Gasteiger partial charge in [0, 0.05) is 6.04 Å². The number of nitrogens with one attached hydrogen (secondary N) is 1. The summed E-state index contributed by atoms with van der Waals surface area (Å²) in [5.74, 6) is 1.17. The number of nitrogens with two attached hydrogens (primary N) is 1. The molecule has 94 valence electrons. The summed E-state index contributed by atoms with van der Waals surface area (Å²) in [4.78, 5) is 0. The fraction of sp³-hybridized carbons (Fsp3) is 0.571. The monoisotopic (exact) mass is 236 g/mol. The number of halogens is 1. The standard InChI is InChI=1S/C14H21FN2/c1-9-6-7-11(8-10(9)2)17-13-5-3-4-12(15)14(13)16/h3-5,9-11,17H,6-8,16H2,1-2H3. The average molecular weight is 236 g/mol. The quantitative estimate of drug-likeness (QED) is 0.769. The highest BCUT2D eigenvalue weighted by molar-refractivity contribution is 5.66. The Hall–Kier alpha value is -1.25. The fourth-order valence-electron chi connectivity index (χ4n) is 2.56. The minimum Gasteiger partial charge on any atom is -0.395 e. The predicted octanol–water partition coefficient (Wildman–Crippen LogP) is 3.64. The van der Waals surface area contributed by atoms with Crippen molar-refractivity contribution in [2.45, 2.75) is 39.2 Å². The Bertz CT molecular complexity index is 392. The lowest BCUT2D eigenvalue weighted by Gasteiger charge is -2.33. The van der Waals surface area contributed by atoms with Crippen LogP contribution in [0, 0.1) is 17.7 Å². The lowest BCUT2D eigenvalue weighted by molar-refractivity contribution is 0.261. The van der Waals surface area contributed by atoms with Crippen LogP contribution in [-0.2, 0) is 0 Å². The van der Waals surface area contributed by atoms with Crippen molar-refractivity contribution in [2.24, 2.45) is 11.8 Å². The first-order valence-electron chi connectivity index (χ1n) is 6.38. The van der Waals surface area contributed by atoms with Crippen LogP contribution in [0.5, 0.6) is 0 Å². The van der Waals surface area contributed by atoms with Crippen LogP contribution >= 0.6 is 0 Å². The van der Waals surface area contributed by atoms with E-state index in [1.807, 2.05) is 6.07 Å². The lowest BCUT2D eigenvalue weighted by Crippen LogP contribution is -2.30. The molecule has 0 aromatic heterocycles. The van der Waals surface area contributed by atoms with Crippen molar-refractivity contribution in [1.82, 2.24) is 0 Å². The third kappa shape index (κ3) is 2.71. The maximum absolute atomic E-state index is 13.3. The van der Waals surface area contributed by atoms with Gasteiger partial charge >= 0.3 is 0 Å². The van der Waals surface area contributed by atoms with Gasteiger partial charge in [0.1, 0.15) is 5.82 Å². The highest BCUT2D eigenvalue weighted by Gasteiger charge is 2.24. The van der Waals surface area contributed by atoms with Crippen LogP contribution < -0.4 is 11.1 Å². The summed E-state index contributed by atoms with van der Waals surface area (Å²) < 4.78 is 13.3. The van der Waals surface area contributed by atoms with Crippen molar-refractivity contribution in [3.63, 3.8) is 0 Å². The van der Waals surface area contributed by atoms with Crippen LogP contribution in [0.2, 0.25) is 0 Å². The summed E-state index contributed by atoms with van der Waals surface area (Å²) in [5, 5.41) is 3.38. The normalized spacial score (nSPS) is 29.0. The molecule has 0 radical (unpaired) electrons. The van der Waals surface area contributed by atoms with E-state index in [2.05, 4.69) is 19.2 Å². The lowest BCUT2D eigenvalue weighted by atomic mass is 9.79. The minimum absolute atomic E-state index is 0.235. The molecule has 0 bridgehead atoms. The van der Waals surface area contributed by atoms with Crippen molar-refractivity contribution < 1.29 is 4.39 Å². The zero-order valence-electron chi connectivity index (χ0n) is 10.5.